The van der Waals surface area contributed by atoms with Crippen LogP contribution in [-0.4, -0.2) is 43.0 Å². The van der Waals surface area contributed by atoms with Crippen molar-refractivity contribution in [2.45, 2.75) is 53.0 Å². The Morgan fingerprint density at radius 1 is 1.12 bits per heavy atom. The van der Waals surface area contributed by atoms with Crippen molar-refractivity contribution < 1.29 is 4.52 Å². The Morgan fingerprint density at radius 2 is 1.81 bits per heavy atom. The van der Waals surface area contributed by atoms with Crippen LogP contribution in [0.3, 0.4) is 0 Å². The van der Waals surface area contributed by atoms with Gasteiger partial charge >= 0.3 is 0 Å². The van der Waals surface area contributed by atoms with E-state index in [-0.39, 0.29) is 12.0 Å². The summed E-state index contributed by atoms with van der Waals surface area (Å²) in [5.41, 5.74) is 3.50. The van der Waals surface area contributed by atoms with Gasteiger partial charge in [-0.05, 0) is 39.8 Å². The second-order valence-corrected chi connectivity index (χ2v) is 6.89. The van der Waals surface area contributed by atoms with Gasteiger partial charge in [-0.15, -0.1) is 0 Å². The van der Waals surface area contributed by atoms with E-state index in [2.05, 4.69) is 51.3 Å². The van der Waals surface area contributed by atoms with Crippen LogP contribution < -0.4 is 5.32 Å². The molecule has 1 atom stereocenters. The minimum atomic E-state index is 0.198. The molecule has 1 N–H and O–H groups in total. The minimum Gasteiger partial charge on any atom is -0.334 e. The lowest BCUT2D eigenvalue weighted by atomic mass is 10.1. The van der Waals surface area contributed by atoms with Crippen molar-refractivity contribution in [3.63, 3.8) is 0 Å². The first-order chi connectivity index (χ1) is 12.4. The molecule has 138 valence electrons. The number of nitrogens with one attached hydrogen (secondary N) is 1. The molecule has 0 aliphatic heterocycles. The molecule has 26 heavy (non-hydrogen) atoms. The average Bonchev–Trinajstić information content (AvgIpc) is 3.20. The van der Waals surface area contributed by atoms with E-state index in [1.165, 1.54) is 0 Å². The van der Waals surface area contributed by atoms with Gasteiger partial charge in [0.25, 0.3) is 11.8 Å². The predicted octanol–water partition coefficient (Wildman–Crippen LogP) is 2.60. The first-order valence-electron chi connectivity index (χ1n) is 8.79. The van der Waals surface area contributed by atoms with E-state index in [9.17, 15) is 0 Å². The molecular weight excluding hydrogens is 330 g/mol. The van der Waals surface area contributed by atoms with Gasteiger partial charge in [-0.3, -0.25) is 0 Å². The normalized spacial score (nSPS) is 12.7. The lowest BCUT2D eigenvalue weighted by molar-refractivity contribution is 0.417. The molecule has 0 saturated carbocycles. The summed E-state index contributed by atoms with van der Waals surface area (Å²) in [5.74, 6) is 1.89. The van der Waals surface area contributed by atoms with Crippen molar-refractivity contribution in [3.05, 3.63) is 35.2 Å². The van der Waals surface area contributed by atoms with Crippen molar-refractivity contribution in [1.82, 2.24) is 35.2 Å². The number of aromatic nitrogens is 6. The largest absolute Gasteiger partial charge is 0.334 e. The zero-order valence-corrected chi connectivity index (χ0v) is 16.1. The maximum absolute atomic E-state index is 5.50. The molecule has 3 aromatic heterocycles. The van der Waals surface area contributed by atoms with Gasteiger partial charge in [0, 0.05) is 30.0 Å². The van der Waals surface area contributed by atoms with Crippen LogP contribution in [0.1, 0.15) is 49.6 Å². The van der Waals surface area contributed by atoms with E-state index in [0.29, 0.717) is 24.1 Å². The lowest BCUT2D eigenvalue weighted by Gasteiger charge is -2.04. The second kappa shape index (κ2) is 7.33. The minimum absolute atomic E-state index is 0.198. The Morgan fingerprint density at radius 3 is 2.42 bits per heavy atom. The van der Waals surface area contributed by atoms with Crippen LogP contribution in [0.5, 0.6) is 0 Å². The van der Waals surface area contributed by atoms with Gasteiger partial charge in [0.1, 0.15) is 0 Å². The molecule has 8 heteroatoms. The van der Waals surface area contributed by atoms with Gasteiger partial charge in [-0.1, -0.05) is 19.0 Å². The van der Waals surface area contributed by atoms with E-state index in [1.54, 1.807) is 4.68 Å². The molecule has 0 aromatic carbocycles. The van der Waals surface area contributed by atoms with Gasteiger partial charge in [0.2, 0.25) is 0 Å². The molecule has 3 aromatic rings. The fraction of sp³-hybridized carbons (Fsp3) is 0.500. The van der Waals surface area contributed by atoms with Crippen LogP contribution in [0.25, 0.3) is 17.4 Å². The Kier molecular flexibility index (Phi) is 5.13. The molecule has 0 radical (unpaired) electrons. The third kappa shape index (κ3) is 3.80. The molecule has 0 bridgehead atoms. The summed E-state index contributed by atoms with van der Waals surface area (Å²) in [7, 11) is 1.91. The summed E-state index contributed by atoms with van der Waals surface area (Å²) in [6.45, 7) is 10.1. The molecule has 0 aliphatic carbocycles. The molecule has 0 saturated heterocycles. The van der Waals surface area contributed by atoms with E-state index in [1.807, 2.05) is 33.2 Å². The maximum Gasteiger partial charge on any atom is 0.261 e. The van der Waals surface area contributed by atoms with Gasteiger partial charge in [-0.2, -0.15) is 10.1 Å². The summed E-state index contributed by atoms with van der Waals surface area (Å²) in [5, 5.41) is 11.9. The molecule has 3 rings (SSSR count). The summed E-state index contributed by atoms with van der Waals surface area (Å²) in [6, 6.07) is 2.21. The molecule has 0 fully saturated rings. The standard InChI is InChI=1S/C18H25N7O/c1-10(2)16-14(17-22-15(24-26-17)8-11(3)19-6)9-25(23-16)18-20-12(4)7-13(5)21-18/h7,9-11,19H,8H2,1-6H3. The number of hydrogen-bond donors (Lipinski definition) is 1. The van der Waals surface area contributed by atoms with Crippen LogP contribution >= 0.6 is 0 Å². The Bertz CT molecular complexity index is 877. The van der Waals surface area contributed by atoms with Crippen molar-refractivity contribution >= 4 is 0 Å². The van der Waals surface area contributed by atoms with Gasteiger partial charge < -0.3 is 9.84 Å². The molecule has 0 aliphatic rings. The second-order valence-electron chi connectivity index (χ2n) is 6.89. The molecular formula is C18H25N7O. The number of rotatable bonds is 6. The highest BCUT2D eigenvalue weighted by molar-refractivity contribution is 5.57. The topological polar surface area (TPSA) is 94.6 Å². The smallest absolute Gasteiger partial charge is 0.261 e. The zero-order valence-electron chi connectivity index (χ0n) is 16.1. The molecule has 0 spiro atoms. The van der Waals surface area contributed by atoms with Crippen LogP contribution in [0.15, 0.2) is 16.8 Å². The summed E-state index contributed by atoms with van der Waals surface area (Å²) < 4.78 is 7.19. The van der Waals surface area contributed by atoms with Crippen molar-refractivity contribution in [3.8, 4) is 17.4 Å². The Balaban J connectivity index is 2.00. The van der Waals surface area contributed by atoms with Gasteiger partial charge in [-0.25, -0.2) is 14.6 Å². The first-order valence-corrected chi connectivity index (χ1v) is 8.79. The summed E-state index contributed by atoms with van der Waals surface area (Å²) in [6.07, 6.45) is 2.56. The number of hydrogen-bond acceptors (Lipinski definition) is 7. The van der Waals surface area contributed by atoms with Crippen LogP contribution in [-0.2, 0) is 6.42 Å². The average molecular weight is 355 g/mol. The number of aryl methyl sites for hydroxylation is 2. The van der Waals surface area contributed by atoms with Crippen LogP contribution in [0, 0.1) is 13.8 Å². The lowest BCUT2D eigenvalue weighted by Crippen LogP contribution is -2.24. The van der Waals surface area contributed by atoms with Crippen molar-refractivity contribution in [2.24, 2.45) is 0 Å². The predicted molar refractivity (Wildman–Crippen MR) is 98.2 cm³/mol. The van der Waals surface area contributed by atoms with Gasteiger partial charge in [0.15, 0.2) is 5.82 Å². The number of likely N-dealkylation sites (N-methyl/N-ethyl adjacent to an activating group) is 1. The molecule has 8 nitrogen and oxygen atoms in total. The van der Waals surface area contributed by atoms with Crippen LogP contribution in [0.2, 0.25) is 0 Å². The molecule has 1 unspecified atom stereocenters. The summed E-state index contributed by atoms with van der Waals surface area (Å²) >= 11 is 0. The van der Waals surface area contributed by atoms with E-state index in [4.69, 9.17) is 4.52 Å². The van der Waals surface area contributed by atoms with E-state index >= 15 is 0 Å². The molecule has 0 amide bonds. The number of nitrogens with zero attached hydrogens (tertiary/aromatic N) is 6. The zero-order chi connectivity index (χ0) is 18.8. The SMILES string of the molecule is CNC(C)Cc1noc(-c2cn(-c3nc(C)cc(C)n3)nc2C(C)C)n1. The summed E-state index contributed by atoms with van der Waals surface area (Å²) in [4.78, 5) is 13.5. The Labute approximate surface area is 153 Å². The van der Waals surface area contributed by atoms with E-state index < -0.39 is 0 Å². The highest BCUT2D eigenvalue weighted by Crippen LogP contribution is 2.28. The third-order valence-corrected chi connectivity index (χ3v) is 4.15. The van der Waals surface area contributed by atoms with Crippen molar-refractivity contribution in [2.75, 3.05) is 7.05 Å². The van der Waals surface area contributed by atoms with Crippen molar-refractivity contribution in [1.29, 1.82) is 0 Å². The monoisotopic (exact) mass is 355 g/mol. The fourth-order valence-electron chi connectivity index (χ4n) is 2.71. The van der Waals surface area contributed by atoms with E-state index in [0.717, 1.165) is 22.6 Å². The first kappa shape index (κ1) is 18.2. The Hall–Kier alpha value is -2.61. The fourth-order valence-corrected chi connectivity index (χ4v) is 2.71. The quantitative estimate of drug-likeness (QED) is 0.726. The maximum atomic E-state index is 5.50. The highest BCUT2D eigenvalue weighted by atomic mass is 16.5. The molecule has 3 heterocycles. The van der Waals surface area contributed by atoms with Crippen LogP contribution in [0.4, 0.5) is 0 Å². The van der Waals surface area contributed by atoms with Gasteiger partial charge in [0.05, 0.1) is 11.3 Å². The highest BCUT2D eigenvalue weighted by Gasteiger charge is 2.21. The third-order valence-electron chi connectivity index (χ3n) is 4.15.